The highest BCUT2D eigenvalue weighted by molar-refractivity contribution is 9.09. The zero-order chi connectivity index (χ0) is 25.7. The highest BCUT2D eigenvalue weighted by Gasteiger charge is 2.33. The Morgan fingerprint density at radius 2 is 1.89 bits per heavy atom. The fraction of sp³-hybridized carbons (Fsp3) is 0.154. The Hall–Kier alpha value is -3.79. The molecular weight excluding hydrogens is 535 g/mol. The molecule has 6 nitrogen and oxygen atoms in total. The Morgan fingerprint density at radius 1 is 1.06 bits per heavy atom. The van der Waals surface area contributed by atoms with Crippen LogP contribution in [0.2, 0.25) is 0 Å². The Labute approximate surface area is 214 Å². The molecule has 0 saturated heterocycles. The number of aromatic nitrogens is 3. The summed E-state index contributed by atoms with van der Waals surface area (Å²) in [6.07, 6.45) is 0.641. The molecule has 0 spiro atoms. The first-order valence-corrected chi connectivity index (χ1v) is 12.1. The van der Waals surface area contributed by atoms with Gasteiger partial charge in [0.25, 0.3) is 5.91 Å². The number of amides is 1. The number of alkyl halides is 4. The first kappa shape index (κ1) is 25.3. The van der Waals surface area contributed by atoms with Crippen LogP contribution < -0.4 is 10.6 Å². The summed E-state index contributed by atoms with van der Waals surface area (Å²) in [5, 5.41) is 6.20. The number of benzene rings is 2. The van der Waals surface area contributed by atoms with Gasteiger partial charge in [0.05, 0.1) is 11.3 Å². The molecule has 1 amide bonds. The van der Waals surface area contributed by atoms with Gasteiger partial charge in [0.15, 0.2) is 0 Å². The molecule has 0 atom stereocenters. The molecule has 4 aromatic rings. The topological polar surface area (TPSA) is 79.8 Å². The third kappa shape index (κ3) is 6.06. The van der Waals surface area contributed by atoms with E-state index in [1.54, 1.807) is 42.9 Å². The average molecular weight is 556 g/mol. The van der Waals surface area contributed by atoms with Crippen LogP contribution in [0.1, 0.15) is 27.0 Å². The summed E-state index contributed by atoms with van der Waals surface area (Å²) >= 11 is 3.17. The van der Waals surface area contributed by atoms with Crippen LogP contribution in [0.15, 0.2) is 73.2 Å². The van der Waals surface area contributed by atoms with Gasteiger partial charge in [0, 0.05) is 46.4 Å². The molecule has 2 aromatic carbocycles. The molecule has 0 radical (unpaired) electrons. The van der Waals surface area contributed by atoms with Crippen molar-refractivity contribution in [1.29, 1.82) is 0 Å². The Morgan fingerprint density at radius 3 is 2.61 bits per heavy atom. The molecule has 10 heteroatoms. The first-order valence-electron chi connectivity index (χ1n) is 10.9. The molecule has 0 bridgehead atoms. The van der Waals surface area contributed by atoms with Crippen LogP contribution in [0.4, 0.5) is 30.5 Å². The zero-order valence-corrected chi connectivity index (χ0v) is 20.7. The second-order valence-corrected chi connectivity index (χ2v) is 8.72. The highest BCUT2D eigenvalue weighted by atomic mass is 79.9. The van der Waals surface area contributed by atoms with E-state index in [9.17, 15) is 18.0 Å². The number of carbonyl (C=O) groups excluding carboxylic acids is 1. The van der Waals surface area contributed by atoms with E-state index in [2.05, 4.69) is 41.5 Å². The minimum Gasteiger partial charge on any atom is -0.324 e. The predicted molar refractivity (Wildman–Crippen MR) is 137 cm³/mol. The number of nitrogens with zero attached hydrogens (tertiary/aromatic N) is 3. The molecule has 0 unspecified atom stereocenters. The maximum atomic E-state index is 13.5. The van der Waals surface area contributed by atoms with Crippen LogP contribution in [-0.2, 0) is 12.6 Å². The van der Waals surface area contributed by atoms with E-state index in [0.717, 1.165) is 17.2 Å². The zero-order valence-electron chi connectivity index (χ0n) is 19.1. The van der Waals surface area contributed by atoms with Gasteiger partial charge >= 0.3 is 6.18 Å². The van der Waals surface area contributed by atoms with E-state index in [1.165, 1.54) is 12.1 Å². The number of halogens is 4. The number of anilines is 3. The number of nitrogens with one attached hydrogen (secondary N) is 2. The van der Waals surface area contributed by atoms with Gasteiger partial charge in [0.2, 0.25) is 5.95 Å². The molecule has 184 valence electrons. The van der Waals surface area contributed by atoms with E-state index in [4.69, 9.17) is 0 Å². The largest absolute Gasteiger partial charge is 0.416 e. The number of hydrogen-bond acceptors (Lipinski definition) is 5. The maximum absolute atomic E-state index is 13.5. The lowest BCUT2D eigenvalue weighted by molar-refractivity contribution is -0.138. The monoisotopic (exact) mass is 555 g/mol. The van der Waals surface area contributed by atoms with Gasteiger partial charge in [-0.1, -0.05) is 28.1 Å². The van der Waals surface area contributed by atoms with Crippen molar-refractivity contribution in [2.45, 2.75) is 19.5 Å². The summed E-state index contributed by atoms with van der Waals surface area (Å²) in [5.41, 5.74) is 2.67. The molecule has 36 heavy (non-hydrogen) atoms. The lowest BCUT2D eigenvalue weighted by atomic mass is 10.0. The Bertz CT molecular complexity index is 1380. The Kier molecular flexibility index (Phi) is 7.64. The molecule has 2 N–H and O–H groups in total. The van der Waals surface area contributed by atoms with Crippen molar-refractivity contribution in [2.75, 3.05) is 16.0 Å². The van der Waals surface area contributed by atoms with Crippen molar-refractivity contribution in [3.05, 3.63) is 95.4 Å². The molecule has 0 aliphatic rings. The second kappa shape index (κ2) is 10.9. The van der Waals surface area contributed by atoms with Crippen molar-refractivity contribution in [3.8, 4) is 11.3 Å². The van der Waals surface area contributed by atoms with Crippen molar-refractivity contribution in [1.82, 2.24) is 15.0 Å². The second-order valence-electron chi connectivity index (χ2n) is 7.92. The van der Waals surface area contributed by atoms with Gasteiger partial charge in [0.1, 0.15) is 0 Å². The third-order valence-corrected chi connectivity index (χ3v) is 5.79. The van der Waals surface area contributed by atoms with Gasteiger partial charge in [-0.2, -0.15) is 13.2 Å². The molecule has 2 aromatic heterocycles. The molecule has 4 rings (SSSR count). The normalized spacial score (nSPS) is 11.2. The minimum absolute atomic E-state index is 0.0803. The average Bonchev–Trinajstić information content (AvgIpc) is 2.86. The van der Waals surface area contributed by atoms with Gasteiger partial charge < -0.3 is 10.6 Å². The van der Waals surface area contributed by atoms with E-state index >= 15 is 0 Å². The molecule has 0 fully saturated rings. The summed E-state index contributed by atoms with van der Waals surface area (Å²) in [4.78, 5) is 25.6. The van der Waals surface area contributed by atoms with Gasteiger partial charge in [-0.15, -0.1) is 0 Å². The van der Waals surface area contributed by atoms with Crippen LogP contribution in [0.5, 0.6) is 0 Å². The van der Waals surface area contributed by atoms with Gasteiger partial charge in [-0.05, 0) is 66.9 Å². The van der Waals surface area contributed by atoms with Crippen molar-refractivity contribution in [2.24, 2.45) is 0 Å². The van der Waals surface area contributed by atoms with Crippen LogP contribution in [-0.4, -0.2) is 26.2 Å². The van der Waals surface area contributed by atoms with Crippen molar-refractivity contribution < 1.29 is 18.0 Å². The quantitative estimate of drug-likeness (QED) is 0.245. The first-order chi connectivity index (χ1) is 17.2. The van der Waals surface area contributed by atoms with Gasteiger partial charge in [-0.3, -0.25) is 9.78 Å². The van der Waals surface area contributed by atoms with E-state index in [0.29, 0.717) is 28.3 Å². The summed E-state index contributed by atoms with van der Waals surface area (Å²) in [6.45, 7) is 1.87. The maximum Gasteiger partial charge on any atom is 0.416 e. The fourth-order valence-electron chi connectivity index (χ4n) is 3.55. The van der Waals surface area contributed by atoms with Crippen LogP contribution in [0.25, 0.3) is 11.3 Å². The molecular formula is C26H21BrF3N5O. The van der Waals surface area contributed by atoms with E-state index < -0.39 is 17.6 Å². The van der Waals surface area contributed by atoms with Crippen LogP contribution >= 0.6 is 15.9 Å². The van der Waals surface area contributed by atoms with Crippen molar-refractivity contribution >= 4 is 39.2 Å². The summed E-state index contributed by atoms with van der Waals surface area (Å²) < 4.78 is 40.5. The number of carbonyl (C=O) groups is 1. The molecule has 0 aliphatic carbocycles. The number of aryl methyl sites for hydroxylation is 2. The van der Waals surface area contributed by atoms with E-state index in [1.807, 2.05) is 19.1 Å². The van der Waals surface area contributed by atoms with Crippen LogP contribution in [0.3, 0.4) is 0 Å². The third-order valence-electron chi connectivity index (χ3n) is 5.40. The predicted octanol–water partition coefficient (Wildman–Crippen LogP) is 6.80. The smallest absolute Gasteiger partial charge is 0.324 e. The lowest BCUT2D eigenvalue weighted by Gasteiger charge is -2.15. The lowest BCUT2D eigenvalue weighted by Crippen LogP contribution is -2.16. The molecule has 0 aliphatic heterocycles. The highest BCUT2D eigenvalue weighted by Crippen LogP contribution is 2.33. The fourth-order valence-corrected chi connectivity index (χ4v) is 3.98. The summed E-state index contributed by atoms with van der Waals surface area (Å²) in [6, 6.07) is 14.2. The Balaban J connectivity index is 1.55. The molecule has 2 heterocycles. The number of rotatable bonds is 7. The van der Waals surface area contributed by atoms with E-state index in [-0.39, 0.29) is 17.5 Å². The number of pyridine rings is 1. The summed E-state index contributed by atoms with van der Waals surface area (Å²) in [5.74, 6) is -0.296. The van der Waals surface area contributed by atoms with Crippen LogP contribution in [0, 0.1) is 6.92 Å². The summed E-state index contributed by atoms with van der Waals surface area (Å²) in [7, 11) is 0. The van der Waals surface area contributed by atoms with Gasteiger partial charge in [-0.25, -0.2) is 9.97 Å². The standard InChI is InChI=1S/C26H21BrF3N5O/c1-16-4-7-20(33-24(36)18-6-5-17(8-10-27)21(13-18)26(28,29)30)14-23(16)35-25-32-12-9-22(34-25)19-3-2-11-31-15-19/h2-7,9,11-15H,8,10H2,1H3,(H,33,36)(H,32,34,35). The minimum atomic E-state index is -4.56. The number of hydrogen-bond donors (Lipinski definition) is 2. The SMILES string of the molecule is Cc1ccc(NC(=O)c2ccc(CCBr)c(C(F)(F)F)c2)cc1Nc1nccc(-c2cccnc2)n1. The van der Waals surface area contributed by atoms with Crippen molar-refractivity contribution in [3.63, 3.8) is 0 Å². The molecule has 0 saturated carbocycles.